The van der Waals surface area contributed by atoms with Gasteiger partial charge in [-0.3, -0.25) is 23.6 Å². The molecule has 4 unspecified atom stereocenters. The Bertz CT molecular complexity index is 3820. The third-order valence-electron chi connectivity index (χ3n) is 13.0. The van der Waals surface area contributed by atoms with Crippen LogP contribution in [-0.4, -0.2) is 97.2 Å². The molecule has 1 aliphatic heterocycles. The van der Waals surface area contributed by atoms with Crippen LogP contribution in [0.3, 0.4) is 0 Å². The monoisotopic (exact) mass is 1610 g/mol. The Labute approximate surface area is 711 Å². The van der Waals surface area contributed by atoms with Crippen molar-refractivity contribution in [2.75, 3.05) is 26.9 Å². The van der Waals surface area contributed by atoms with Crippen molar-refractivity contribution in [2.45, 2.75) is 120 Å². The minimum atomic E-state index is -1.18. The average molecular weight is 1620 g/mol. The van der Waals surface area contributed by atoms with Crippen molar-refractivity contribution < 1.29 is 172 Å². The molecule has 534 valence electrons. The number of hydrogen-bond donors (Lipinski definition) is 2. The molecule has 0 aliphatic carbocycles. The van der Waals surface area contributed by atoms with Gasteiger partial charge in [-0.1, -0.05) is 152 Å². The average Bonchev–Trinajstić information content (AvgIpc) is 1.68. The molecule has 0 spiro atoms. The first-order valence-corrected chi connectivity index (χ1v) is 32.2. The molecule has 29 heteroatoms. The number of aryl methyl sites for hydroxylation is 3. The Balaban J connectivity index is -0.00000121. The summed E-state index contributed by atoms with van der Waals surface area (Å²) in [6, 6.07) is 41.2. The number of ether oxygens (including phenoxy) is 6. The first-order valence-electron chi connectivity index (χ1n) is 29.0. The quantitative estimate of drug-likeness (QED) is 0.0180. The molecule has 0 bridgehead atoms. The molecule has 6 aromatic carbocycles. The van der Waals surface area contributed by atoms with E-state index in [1.807, 2.05) is 62.2 Å². The molecular weight excluding hydrogens is 1530 g/mol. The number of benzene rings is 6. The van der Waals surface area contributed by atoms with Crippen LogP contribution in [-0.2, 0) is 62.6 Å². The summed E-state index contributed by atoms with van der Waals surface area (Å²) in [5, 5.41) is 44.4. The molecule has 100 heavy (non-hydrogen) atoms. The van der Waals surface area contributed by atoms with Crippen LogP contribution in [0.5, 0.6) is 17.2 Å². The van der Waals surface area contributed by atoms with Gasteiger partial charge in [0.2, 0.25) is 12.2 Å². The Morgan fingerprint density at radius 2 is 0.920 bits per heavy atom. The van der Waals surface area contributed by atoms with Crippen LogP contribution in [0.15, 0.2) is 164 Å². The second-order valence-corrected chi connectivity index (χ2v) is 22.9. The van der Waals surface area contributed by atoms with Crippen molar-refractivity contribution in [3.05, 3.63) is 211 Å². The number of methoxy groups -OCH3 is 1. The summed E-state index contributed by atoms with van der Waals surface area (Å²) in [4.78, 5) is 46.5. The first-order chi connectivity index (χ1) is 45.2. The molecule has 0 amide bonds. The van der Waals surface area contributed by atoms with Crippen LogP contribution in [0.2, 0.25) is 30.1 Å². The molecule has 3 aromatic heterocycles. The minimum Gasteiger partial charge on any atom is -1.00 e. The Morgan fingerprint density at radius 1 is 0.570 bits per heavy atom. The molecule has 2 N–H and O–H groups in total. The van der Waals surface area contributed by atoms with Crippen molar-refractivity contribution in [3.8, 4) is 51.0 Å². The van der Waals surface area contributed by atoms with E-state index in [1.54, 1.807) is 158 Å². The van der Waals surface area contributed by atoms with Crippen LogP contribution in [0.1, 0.15) is 112 Å². The summed E-state index contributed by atoms with van der Waals surface area (Å²) < 4.78 is 37.4. The summed E-state index contributed by atoms with van der Waals surface area (Å²) in [6.07, 6.45) is 5.78. The number of nitrogens with zero attached hydrogens (tertiary/aromatic N) is 6. The summed E-state index contributed by atoms with van der Waals surface area (Å²) in [5.41, 5.74) is 6.06. The number of aliphatic carboxylic acids is 1. The number of hydrogen-bond acceptors (Lipinski definition) is 16. The van der Waals surface area contributed by atoms with E-state index in [2.05, 4.69) is 36.1 Å². The fourth-order valence-electron chi connectivity index (χ4n) is 8.35. The largest absolute Gasteiger partial charge is 1.00 e. The number of carbonyl (C=O) groups excluding carboxylic acids is 3. The van der Waals surface area contributed by atoms with Gasteiger partial charge in [-0.25, -0.2) is 9.59 Å². The van der Waals surface area contributed by atoms with Crippen LogP contribution >= 0.6 is 85.5 Å². The minimum absolute atomic E-state index is 0. The number of phenolic OH excluding ortho intramolecular Hbond substituents is 1. The first kappa shape index (κ1) is 97.7. The maximum absolute atomic E-state index is 12.6. The molecule has 4 atom stereocenters. The number of aromatic hydroxyl groups is 1. The number of carbonyl (C=O) groups is 4. The van der Waals surface area contributed by atoms with Gasteiger partial charge in [0.1, 0.15) is 22.1 Å². The van der Waals surface area contributed by atoms with Gasteiger partial charge in [-0.15, -0.1) is 0 Å². The number of esters is 2. The fraction of sp³-hybridized carbons (Fsp3) is 0.310. The molecule has 0 saturated carbocycles. The SMILES string of the molecule is C.C.C.C.CCOC(=O)C(Br)c1ccc(Cl)cc1.CCOC(=O)C(Oc1ccc(Cl)cc1-c1ccn(CC)n1)c1ccc(Cl)cc1.CCn1ccc(-c2cc(Cl)ccc2O)n1.CCn1ccc(-c2cc(Cl)ccc2OC(C(=O)O)c2ccc(Cl)cc2)n1.COC1CCCO1.O=CO[O-].[H-].[K+].[K+]. The maximum atomic E-state index is 12.6. The van der Waals surface area contributed by atoms with E-state index in [9.17, 15) is 24.6 Å². The number of phenols is 1. The normalized spacial score (nSPS) is 12.1. The number of halogens is 7. The Morgan fingerprint density at radius 3 is 1.26 bits per heavy atom. The smallest absolute Gasteiger partial charge is 1.00 e. The van der Waals surface area contributed by atoms with Gasteiger partial charge in [0.25, 0.3) is 6.47 Å². The van der Waals surface area contributed by atoms with E-state index in [-0.39, 0.29) is 165 Å². The number of rotatable bonds is 20. The molecule has 0 radical (unpaired) electrons. The molecule has 9 aromatic rings. The van der Waals surface area contributed by atoms with Crippen LogP contribution < -0.4 is 118 Å². The number of carboxylic acid groups (broad SMARTS) is 1. The molecule has 1 aliphatic rings. The van der Waals surface area contributed by atoms with E-state index in [1.165, 1.54) is 0 Å². The maximum Gasteiger partial charge on any atom is 1.00 e. The van der Waals surface area contributed by atoms with Crippen molar-refractivity contribution in [3.63, 3.8) is 0 Å². The summed E-state index contributed by atoms with van der Waals surface area (Å²) in [7, 11) is 1.68. The zero-order valence-corrected chi connectivity index (χ0v) is 66.1. The Kier molecular flexibility index (Phi) is 51.3. The Hall–Kier alpha value is -4.40. The third kappa shape index (κ3) is 32.3. The van der Waals surface area contributed by atoms with E-state index in [4.69, 9.17) is 108 Å². The van der Waals surface area contributed by atoms with E-state index < -0.39 is 29.0 Å². The topological polar surface area (TPSA) is 250 Å². The molecular formula is C71H85BrCl6K2N6O14. The predicted molar refractivity (Wildman–Crippen MR) is 392 cm³/mol. The van der Waals surface area contributed by atoms with Crippen molar-refractivity contribution >= 4 is 110 Å². The van der Waals surface area contributed by atoms with Gasteiger partial charge in [-0.05, 0) is 156 Å². The summed E-state index contributed by atoms with van der Waals surface area (Å²) >= 11 is 39.0. The van der Waals surface area contributed by atoms with E-state index in [0.29, 0.717) is 87.4 Å². The van der Waals surface area contributed by atoms with Crippen LogP contribution in [0.4, 0.5) is 0 Å². The van der Waals surface area contributed by atoms with Gasteiger partial charge in [0, 0.05) is 116 Å². The van der Waals surface area contributed by atoms with Gasteiger partial charge >= 0.3 is 121 Å². The van der Waals surface area contributed by atoms with Crippen molar-refractivity contribution in [2.24, 2.45) is 0 Å². The third-order valence-corrected chi connectivity index (χ3v) is 15.3. The van der Waals surface area contributed by atoms with Crippen molar-refractivity contribution in [1.29, 1.82) is 0 Å². The zero-order chi connectivity index (χ0) is 68.7. The predicted octanol–water partition coefficient (Wildman–Crippen LogP) is 12.8. The van der Waals surface area contributed by atoms with Gasteiger partial charge in [0.05, 0.1) is 30.3 Å². The summed E-state index contributed by atoms with van der Waals surface area (Å²) in [5.74, 6) is -0.801. The number of carboxylic acids is 1. The molecule has 20 nitrogen and oxygen atoms in total. The number of alkyl halides is 1. The van der Waals surface area contributed by atoms with Gasteiger partial charge < -0.3 is 50.2 Å². The van der Waals surface area contributed by atoms with Crippen molar-refractivity contribution in [1.82, 2.24) is 29.3 Å². The molecule has 10 rings (SSSR count). The molecule has 4 heterocycles. The van der Waals surface area contributed by atoms with Gasteiger partial charge in [0.15, 0.2) is 6.29 Å². The molecule has 1 fully saturated rings. The number of aromatic nitrogens is 6. The van der Waals surface area contributed by atoms with Gasteiger partial charge in [-0.2, -0.15) is 15.3 Å². The molecule has 1 saturated heterocycles. The fourth-order valence-corrected chi connectivity index (χ4v) is 9.68. The standard InChI is InChI=1S/C21H20Cl2N2O3.C19H16Cl2N2O3.C11H11ClN2O.C10H10BrClO2.C5H10O2.CH2O3.4CH4.2K.H/c1-3-25-12-11-18(24-25)17-13-16(23)9-10-19(17)28-20(21(26)27-4-2)14-5-7-15(22)8-6-14;1-2-23-10-9-16(22-23)15-11-14(21)7-8-17(15)26-18(19(24)25)12-3-5-13(20)6-4-12;1-2-14-6-5-10(13-14)9-7-8(12)3-4-11(9)15;1-2-14-10(13)9(11)7-3-5-8(12)6-4-7;1-6-5-3-2-4-7-5;2-1-4-3;;;;;;;/h5-13,20H,3-4H2,1-2H3;3-11,18H,2H2,1H3,(H,24,25);3-7,15H,2H2,1H3;3-6,9H,2H2,1H3;5H,2-4H2,1H3;1,3H;4*1H4;;;/q;;;;;;;;;;2*+1;-1/p-1. The second kappa shape index (κ2) is 52.5. The van der Waals surface area contributed by atoms with Crippen LogP contribution in [0, 0.1) is 0 Å². The van der Waals surface area contributed by atoms with E-state index in [0.717, 1.165) is 50.3 Å². The zero-order valence-electron chi connectivity index (χ0n) is 54.8. The van der Waals surface area contributed by atoms with E-state index >= 15 is 0 Å². The second-order valence-electron chi connectivity index (χ2n) is 19.3. The summed E-state index contributed by atoms with van der Waals surface area (Å²) in [6.45, 7) is 13.1. The van der Waals surface area contributed by atoms with Crippen LogP contribution in [0.25, 0.3) is 33.8 Å².